The first-order chi connectivity index (χ1) is 7.11. The van der Waals surface area contributed by atoms with Crippen molar-refractivity contribution in [3.8, 4) is 0 Å². The highest BCUT2D eigenvalue weighted by atomic mass is 32.2. The standard InChI is InChI=1S/C9H18N2O3S/c10-14-6-8-1-3-11(5-8)9-2-4-15(12,13)7-9/h8-9H,1-7,10H2. The van der Waals surface area contributed by atoms with E-state index in [0.29, 0.717) is 24.0 Å². The van der Waals surface area contributed by atoms with Gasteiger partial charge < -0.3 is 4.84 Å². The molecule has 2 fully saturated rings. The average Bonchev–Trinajstić information content (AvgIpc) is 2.73. The van der Waals surface area contributed by atoms with E-state index < -0.39 is 9.84 Å². The summed E-state index contributed by atoms with van der Waals surface area (Å²) in [4.78, 5) is 6.90. The summed E-state index contributed by atoms with van der Waals surface area (Å²) < 4.78 is 22.7. The molecule has 0 aromatic rings. The first-order valence-corrected chi connectivity index (χ1v) is 7.19. The minimum Gasteiger partial charge on any atom is -0.304 e. The van der Waals surface area contributed by atoms with Gasteiger partial charge in [0, 0.05) is 12.6 Å². The lowest BCUT2D eigenvalue weighted by Crippen LogP contribution is -2.34. The number of sulfone groups is 1. The molecule has 0 spiro atoms. The zero-order valence-electron chi connectivity index (χ0n) is 8.76. The second kappa shape index (κ2) is 4.37. The highest BCUT2D eigenvalue weighted by Crippen LogP contribution is 2.24. The van der Waals surface area contributed by atoms with Gasteiger partial charge >= 0.3 is 0 Å². The van der Waals surface area contributed by atoms with Gasteiger partial charge in [-0.1, -0.05) is 0 Å². The summed E-state index contributed by atoms with van der Waals surface area (Å²) in [6.07, 6.45) is 1.85. The Bertz CT molecular complexity index is 317. The molecule has 2 aliphatic heterocycles. The average molecular weight is 234 g/mol. The van der Waals surface area contributed by atoms with Crippen LogP contribution in [-0.4, -0.2) is 50.6 Å². The Hall–Kier alpha value is -0.170. The third-order valence-electron chi connectivity index (χ3n) is 3.37. The van der Waals surface area contributed by atoms with Gasteiger partial charge in [0.15, 0.2) is 9.84 Å². The SMILES string of the molecule is NOCC1CCN(C2CCS(=O)(=O)C2)C1. The Morgan fingerprint density at radius 3 is 2.80 bits per heavy atom. The molecule has 6 heteroatoms. The van der Waals surface area contributed by atoms with Crippen LogP contribution in [0.4, 0.5) is 0 Å². The number of hydrogen-bond donors (Lipinski definition) is 1. The molecule has 2 N–H and O–H groups in total. The molecule has 2 unspecified atom stereocenters. The summed E-state index contributed by atoms with van der Waals surface area (Å²) in [5, 5.41) is 0. The summed E-state index contributed by atoms with van der Waals surface area (Å²) >= 11 is 0. The largest absolute Gasteiger partial charge is 0.304 e. The molecule has 0 aromatic heterocycles. The molecule has 0 aromatic carbocycles. The second-order valence-corrected chi connectivity index (χ2v) is 6.77. The molecule has 2 heterocycles. The van der Waals surface area contributed by atoms with Crippen molar-refractivity contribution in [1.29, 1.82) is 0 Å². The van der Waals surface area contributed by atoms with Gasteiger partial charge in [-0.25, -0.2) is 14.3 Å². The van der Waals surface area contributed by atoms with Crippen molar-refractivity contribution in [2.45, 2.75) is 18.9 Å². The van der Waals surface area contributed by atoms with Gasteiger partial charge in [-0.3, -0.25) is 4.90 Å². The van der Waals surface area contributed by atoms with E-state index >= 15 is 0 Å². The Morgan fingerprint density at radius 2 is 2.20 bits per heavy atom. The molecule has 0 bridgehead atoms. The summed E-state index contributed by atoms with van der Waals surface area (Å²) in [5.41, 5.74) is 0. The van der Waals surface area contributed by atoms with Crippen LogP contribution in [0.3, 0.4) is 0 Å². The predicted molar refractivity (Wildman–Crippen MR) is 56.9 cm³/mol. The summed E-state index contributed by atoms with van der Waals surface area (Å²) in [5.74, 6) is 6.20. The number of rotatable bonds is 3. The molecule has 2 saturated heterocycles. The van der Waals surface area contributed by atoms with Gasteiger partial charge in [-0.2, -0.15) is 0 Å². The van der Waals surface area contributed by atoms with Gasteiger partial charge in [0.1, 0.15) is 0 Å². The van der Waals surface area contributed by atoms with E-state index in [2.05, 4.69) is 9.74 Å². The van der Waals surface area contributed by atoms with Gasteiger partial charge in [-0.05, 0) is 25.3 Å². The molecule has 15 heavy (non-hydrogen) atoms. The molecule has 5 nitrogen and oxygen atoms in total. The minimum atomic E-state index is -2.76. The van der Waals surface area contributed by atoms with Crippen LogP contribution in [0.2, 0.25) is 0 Å². The van der Waals surface area contributed by atoms with Crippen molar-refractivity contribution in [2.75, 3.05) is 31.2 Å². The van der Waals surface area contributed by atoms with Crippen molar-refractivity contribution >= 4 is 9.84 Å². The highest BCUT2D eigenvalue weighted by molar-refractivity contribution is 7.91. The van der Waals surface area contributed by atoms with Gasteiger partial charge in [-0.15, -0.1) is 0 Å². The fraction of sp³-hybridized carbons (Fsp3) is 1.00. The maximum Gasteiger partial charge on any atom is 0.151 e. The Labute approximate surface area is 90.4 Å². The summed E-state index contributed by atoms with van der Waals surface area (Å²) in [6.45, 7) is 2.49. The first-order valence-electron chi connectivity index (χ1n) is 5.37. The second-order valence-electron chi connectivity index (χ2n) is 4.54. The highest BCUT2D eigenvalue weighted by Gasteiger charge is 2.35. The van der Waals surface area contributed by atoms with Gasteiger partial charge in [0.05, 0.1) is 18.1 Å². The molecule has 88 valence electrons. The lowest BCUT2D eigenvalue weighted by molar-refractivity contribution is 0.101. The third kappa shape index (κ3) is 2.69. The molecule has 0 amide bonds. The van der Waals surface area contributed by atoms with Gasteiger partial charge in [0.2, 0.25) is 0 Å². The maximum absolute atomic E-state index is 11.3. The van der Waals surface area contributed by atoms with E-state index in [9.17, 15) is 8.42 Å². The number of hydrogen-bond acceptors (Lipinski definition) is 5. The summed E-state index contributed by atoms with van der Waals surface area (Å²) in [6, 6.07) is 0.234. The van der Waals surface area contributed by atoms with Crippen molar-refractivity contribution < 1.29 is 13.3 Å². The lowest BCUT2D eigenvalue weighted by atomic mass is 10.1. The van der Waals surface area contributed by atoms with E-state index in [1.807, 2.05) is 0 Å². The fourth-order valence-electron chi connectivity index (χ4n) is 2.53. The van der Waals surface area contributed by atoms with E-state index in [-0.39, 0.29) is 6.04 Å². The van der Waals surface area contributed by atoms with Crippen molar-refractivity contribution in [1.82, 2.24) is 4.90 Å². The fourth-order valence-corrected chi connectivity index (χ4v) is 4.29. The molecule has 2 aliphatic rings. The molecular weight excluding hydrogens is 216 g/mol. The quantitative estimate of drug-likeness (QED) is 0.659. The zero-order chi connectivity index (χ0) is 10.9. The van der Waals surface area contributed by atoms with Crippen LogP contribution in [0.1, 0.15) is 12.8 Å². The van der Waals surface area contributed by atoms with Crippen LogP contribution in [0.15, 0.2) is 0 Å². The number of nitrogens with two attached hydrogens (primary N) is 1. The van der Waals surface area contributed by atoms with Crippen molar-refractivity contribution in [2.24, 2.45) is 11.8 Å². The number of nitrogens with zero attached hydrogens (tertiary/aromatic N) is 1. The predicted octanol–water partition coefficient (Wildman–Crippen LogP) is -0.614. The normalized spacial score (nSPS) is 36.1. The smallest absolute Gasteiger partial charge is 0.151 e. The molecule has 2 atom stereocenters. The molecule has 0 aliphatic carbocycles. The van der Waals surface area contributed by atoms with E-state index in [0.717, 1.165) is 25.9 Å². The monoisotopic (exact) mass is 234 g/mol. The van der Waals surface area contributed by atoms with E-state index in [1.165, 1.54) is 0 Å². The minimum absolute atomic E-state index is 0.234. The third-order valence-corrected chi connectivity index (χ3v) is 5.12. The molecule has 0 saturated carbocycles. The lowest BCUT2D eigenvalue weighted by Gasteiger charge is -2.22. The van der Waals surface area contributed by atoms with Crippen LogP contribution < -0.4 is 5.90 Å². The van der Waals surface area contributed by atoms with Crippen LogP contribution in [0, 0.1) is 5.92 Å². The van der Waals surface area contributed by atoms with E-state index in [4.69, 9.17) is 5.90 Å². The Morgan fingerprint density at radius 1 is 1.40 bits per heavy atom. The maximum atomic E-state index is 11.3. The van der Waals surface area contributed by atoms with Crippen LogP contribution in [0.25, 0.3) is 0 Å². The van der Waals surface area contributed by atoms with Gasteiger partial charge in [0.25, 0.3) is 0 Å². The summed E-state index contributed by atoms with van der Waals surface area (Å²) in [7, 11) is -2.76. The van der Waals surface area contributed by atoms with E-state index in [1.54, 1.807) is 0 Å². The zero-order valence-corrected chi connectivity index (χ0v) is 9.58. The molecule has 2 rings (SSSR count). The van der Waals surface area contributed by atoms with Crippen molar-refractivity contribution in [3.05, 3.63) is 0 Å². The topological polar surface area (TPSA) is 72.6 Å². The Kier molecular flexibility index (Phi) is 3.30. The van der Waals surface area contributed by atoms with Crippen LogP contribution in [0.5, 0.6) is 0 Å². The molecule has 0 radical (unpaired) electrons. The number of likely N-dealkylation sites (tertiary alicyclic amines) is 1. The Balaban J connectivity index is 1.87. The van der Waals surface area contributed by atoms with Crippen molar-refractivity contribution in [3.63, 3.8) is 0 Å². The van der Waals surface area contributed by atoms with Crippen LogP contribution in [-0.2, 0) is 14.7 Å². The van der Waals surface area contributed by atoms with Crippen LogP contribution >= 0.6 is 0 Å². The molecular formula is C9H18N2O3S. The first kappa shape index (κ1) is 11.3.